The molecule has 6 heteroatoms. The number of phenolic OH excluding ortho intramolecular Hbond substituents is 1. The molecule has 6 nitrogen and oxygen atoms in total. The monoisotopic (exact) mass is 198 g/mol. The zero-order valence-corrected chi connectivity index (χ0v) is 7.30. The molecule has 0 saturated carbocycles. The van der Waals surface area contributed by atoms with Crippen molar-refractivity contribution in [1.29, 1.82) is 0 Å². The number of hydrogen-bond donors (Lipinski definition) is 3. The first-order valence-electron chi connectivity index (χ1n) is 3.97. The highest BCUT2D eigenvalue weighted by atomic mass is 16.6. The number of nitrogens with one attached hydrogen (secondary N) is 1. The maximum atomic E-state index is 10.5. The molecule has 0 aromatic heterocycles. The van der Waals surface area contributed by atoms with E-state index in [1.165, 1.54) is 18.2 Å². The van der Waals surface area contributed by atoms with Gasteiger partial charge in [0, 0.05) is 18.7 Å². The highest BCUT2D eigenvalue weighted by molar-refractivity contribution is 5.63. The second-order valence-electron chi connectivity index (χ2n) is 2.61. The van der Waals surface area contributed by atoms with Gasteiger partial charge in [-0.05, 0) is 6.07 Å². The minimum Gasteiger partial charge on any atom is -0.508 e. The molecule has 1 aromatic carbocycles. The number of hydrogen-bond acceptors (Lipinski definition) is 5. The molecular weight excluding hydrogens is 188 g/mol. The Balaban J connectivity index is 2.97. The Morgan fingerprint density at radius 3 is 2.79 bits per heavy atom. The van der Waals surface area contributed by atoms with Crippen LogP contribution in [0.1, 0.15) is 0 Å². The molecule has 0 spiro atoms. The molecule has 0 bridgehead atoms. The maximum Gasteiger partial charge on any atom is 0.292 e. The van der Waals surface area contributed by atoms with Crippen LogP contribution in [0.3, 0.4) is 0 Å². The largest absolute Gasteiger partial charge is 0.508 e. The Hall–Kier alpha value is -1.82. The van der Waals surface area contributed by atoms with Gasteiger partial charge in [0.05, 0.1) is 11.5 Å². The fourth-order valence-corrected chi connectivity index (χ4v) is 1.02. The van der Waals surface area contributed by atoms with E-state index >= 15 is 0 Å². The topological polar surface area (TPSA) is 95.6 Å². The van der Waals surface area contributed by atoms with Crippen LogP contribution >= 0.6 is 0 Å². The van der Waals surface area contributed by atoms with Crippen LogP contribution in [-0.2, 0) is 0 Å². The number of rotatable bonds is 4. The second-order valence-corrected chi connectivity index (χ2v) is 2.61. The fourth-order valence-electron chi connectivity index (χ4n) is 1.02. The van der Waals surface area contributed by atoms with Gasteiger partial charge in [0.1, 0.15) is 11.4 Å². The summed E-state index contributed by atoms with van der Waals surface area (Å²) in [5.41, 5.74) is 0.0697. The minimum absolute atomic E-state index is 0.0592. The molecule has 0 heterocycles. The van der Waals surface area contributed by atoms with Crippen LogP contribution in [0.25, 0.3) is 0 Å². The van der Waals surface area contributed by atoms with Crippen LogP contribution in [0.15, 0.2) is 18.2 Å². The van der Waals surface area contributed by atoms with Gasteiger partial charge < -0.3 is 15.5 Å². The Morgan fingerprint density at radius 2 is 2.21 bits per heavy atom. The molecule has 0 saturated heterocycles. The van der Waals surface area contributed by atoms with Crippen molar-refractivity contribution in [3.63, 3.8) is 0 Å². The lowest BCUT2D eigenvalue weighted by molar-refractivity contribution is -0.384. The predicted molar refractivity (Wildman–Crippen MR) is 50.3 cm³/mol. The van der Waals surface area contributed by atoms with Crippen molar-refractivity contribution < 1.29 is 15.1 Å². The molecule has 0 aliphatic rings. The van der Waals surface area contributed by atoms with Gasteiger partial charge in [-0.15, -0.1) is 0 Å². The summed E-state index contributed by atoms with van der Waals surface area (Å²) in [5, 5.41) is 30.8. The molecule has 0 amide bonds. The van der Waals surface area contributed by atoms with Crippen LogP contribution in [0.5, 0.6) is 5.75 Å². The molecule has 14 heavy (non-hydrogen) atoms. The number of anilines is 1. The van der Waals surface area contributed by atoms with Crippen molar-refractivity contribution in [3.8, 4) is 5.75 Å². The van der Waals surface area contributed by atoms with E-state index in [4.69, 9.17) is 10.2 Å². The van der Waals surface area contributed by atoms with Crippen LogP contribution in [0.4, 0.5) is 11.4 Å². The third-order valence-corrected chi connectivity index (χ3v) is 1.60. The van der Waals surface area contributed by atoms with Crippen molar-refractivity contribution in [2.75, 3.05) is 18.5 Å². The normalized spacial score (nSPS) is 9.79. The highest BCUT2D eigenvalue weighted by Crippen LogP contribution is 2.27. The van der Waals surface area contributed by atoms with Crippen molar-refractivity contribution in [2.45, 2.75) is 0 Å². The van der Waals surface area contributed by atoms with E-state index in [-0.39, 0.29) is 30.3 Å². The van der Waals surface area contributed by atoms with Crippen molar-refractivity contribution >= 4 is 11.4 Å². The van der Waals surface area contributed by atoms with Gasteiger partial charge in [0.2, 0.25) is 0 Å². The first kappa shape index (κ1) is 10.3. The standard InChI is InChI=1S/C8H10N2O4/c11-4-3-9-7-5-6(12)1-2-8(7)10(13)14/h1-2,5,9,11-12H,3-4H2. The Bertz CT molecular complexity index is 340. The lowest BCUT2D eigenvalue weighted by Gasteiger charge is -2.05. The summed E-state index contributed by atoms with van der Waals surface area (Å²) in [4.78, 5) is 9.96. The van der Waals surface area contributed by atoms with Crippen LogP contribution in [0, 0.1) is 10.1 Å². The van der Waals surface area contributed by atoms with Gasteiger partial charge in [-0.25, -0.2) is 0 Å². The number of nitro benzene ring substituents is 1. The molecular formula is C8H10N2O4. The molecule has 1 aromatic rings. The van der Waals surface area contributed by atoms with Gasteiger partial charge in [0.25, 0.3) is 5.69 Å². The lowest BCUT2D eigenvalue weighted by atomic mass is 10.2. The van der Waals surface area contributed by atoms with Crippen molar-refractivity contribution in [1.82, 2.24) is 0 Å². The van der Waals surface area contributed by atoms with Gasteiger partial charge in [-0.2, -0.15) is 0 Å². The molecule has 1 rings (SSSR count). The van der Waals surface area contributed by atoms with Crippen molar-refractivity contribution in [3.05, 3.63) is 28.3 Å². The molecule has 0 aliphatic heterocycles. The zero-order chi connectivity index (χ0) is 10.6. The summed E-state index contributed by atoms with van der Waals surface area (Å²) < 4.78 is 0. The number of phenols is 1. The molecule has 0 unspecified atom stereocenters. The summed E-state index contributed by atoms with van der Waals surface area (Å²) >= 11 is 0. The quantitative estimate of drug-likeness (QED) is 0.489. The molecule has 0 aliphatic carbocycles. The molecule has 3 N–H and O–H groups in total. The van der Waals surface area contributed by atoms with Gasteiger partial charge in [-0.3, -0.25) is 10.1 Å². The molecule has 0 atom stereocenters. The van der Waals surface area contributed by atoms with Crippen LogP contribution in [-0.4, -0.2) is 28.3 Å². The molecule has 0 fully saturated rings. The molecule has 0 radical (unpaired) electrons. The first-order chi connectivity index (χ1) is 6.65. The number of benzene rings is 1. The van der Waals surface area contributed by atoms with E-state index in [0.29, 0.717) is 0 Å². The van der Waals surface area contributed by atoms with E-state index in [1.54, 1.807) is 0 Å². The van der Waals surface area contributed by atoms with E-state index in [0.717, 1.165) is 0 Å². The smallest absolute Gasteiger partial charge is 0.292 e. The van der Waals surface area contributed by atoms with Gasteiger partial charge >= 0.3 is 0 Å². The Kier molecular flexibility index (Phi) is 3.24. The second kappa shape index (κ2) is 4.43. The Labute approximate surface area is 80.0 Å². The lowest BCUT2D eigenvalue weighted by Crippen LogP contribution is -2.07. The number of nitro groups is 1. The molecule has 76 valence electrons. The Morgan fingerprint density at radius 1 is 1.50 bits per heavy atom. The fraction of sp³-hybridized carbons (Fsp3) is 0.250. The van der Waals surface area contributed by atoms with E-state index < -0.39 is 4.92 Å². The number of aliphatic hydroxyl groups excluding tert-OH is 1. The summed E-state index contributed by atoms with van der Waals surface area (Å²) in [6, 6.07) is 3.69. The average molecular weight is 198 g/mol. The number of aromatic hydroxyl groups is 1. The highest BCUT2D eigenvalue weighted by Gasteiger charge is 2.13. The maximum absolute atomic E-state index is 10.5. The van der Waals surface area contributed by atoms with E-state index in [9.17, 15) is 10.1 Å². The summed E-state index contributed by atoms with van der Waals surface area (Å²) in [7, 11) is 0. The summed E-state index contributed by atoms with van der Waals surface area (Å²) in [6.45, 7) is 0.0666. The van der Waals surface area contributed by atoms with Crippen LogP contribution < -0.4 is 5.32 Å². The average Bonchev–Trinajstić information content (AvgIpc) is 2.14. The third kappa shape index (κ3) is 2.33. The van der Waals surface area contributed by atoms with E-state index in [1.807, 2.05) is 0 Å². The number of aliphatic hydroxyl groups is 1. The summed E-state index contributed by atoms with van der Waals surface area (Å²) in [5.74, 6) is -0.0592. The predicted octanol–water partition coefficient (Wildman–Crippen LogP) is 0.705. The zero-order valence-electron chi connectivity index (χ0n) is 7.30. The van der Waals surface area contributed by atoms with E-state index in [2.05, 4.69) is 5.32 Å². The van der Waals surface area contributed by atoms with Gasteiger partial charge in [0.15, 0.2) is 0 Å². The summed E-state index contributed by atoms with van der Waals surface area (Å²) in [6.07, 6.45) is 0. The first-order valence-corrected chi connectivity index (χ1v) is 3.97. The third-order valence-electron chi connectivity index (χ3n) is 1.60. The van der Waals surface area contributed by atoms with Crippen LogP contribution in [0.2, 0.25) is 0 Å². The van der Waals surface area contributed by atoms with Crippen molar-refractivity contribution in [2.24, 2.45) is 0 Å². The SMILES string of the molecule is O=[N+]([O-])c1ccc(O)cc1NCCO. The minimum atomic E-state index is -0.556. The number of nitrogens with zero attached hydrogens (tertiary/aromatic N) is 1. The van der Waals surface area contributed by atoms with Gasteiger partial charge in [-0.1, -0.05) is 0 Å².